The van der Waals surface area contributed by atoms with Crippen LogP contribution in [-0.4, -0.2) is 31.6 Å². The molecule has 2 N–H and O–H groups in total. The van der Waals surface area contributed by atoms with E-state index in [1.54, 1.807) is 11.3 Å². The first-order valence-corrected chi connectivity index (χ1v) is 9.29. The van der Waals surface area contributed by atoms with Gasteiger partial charge in [0.05, 0.1) is 6.54 Å². The highest BCUT2D eigenvalue weighted by Crippen LogP contribution is 2.34. The average Bonchev–Trinajstić information content (AvgIpc) is 3.19. The van der Waals surface area contributed by atoms with E-state index in [4.69, 9.17) is 4.74 Å². The van der Waals surface area contributed by atoms with Gasteiger partial charge in [0.25, 0.3) is 0 Å². The van der Waals surface area contributed by atoms with Crippen LogP contribution < -0.4 is 10.6 Å². The van der Waals surface area contributed by atoms with Gasteiger partial charge < -0.3 is 15.4 Å². The quantitative estimate of drug-likeness (QED) is 0.806. The monoisotopic (exact) mass is 358 g/mol. The standard InChI is InChI=1S/C19H22N2O3S/c22-17(20-13-16-7-4-12-25-16)18(23)21-14-19(8-10-24-11-9-19)15-5-2-1-3-6-15/h1-7,12H,8-11,13-14H2,(H,20,22)(H,21,23). The lowest BCUT2D eigenvalue weighted by atomic mass is 9.74. The number of hydrogen-bond donors (Lipinski definition) is 2. The number of hydrogen-bond acceptors (Lipinski definition) is 4. The molecule has 5 nitrogen and oxygen atoms in total. The van der Waals surface area contributed by atoms with Gasteiger partial charge in [-0.1, -0.05) is 36.4 Å². The molecule has 2 aromatic rings. The maximum Gasteiger partial charge on any atom is 0.309 e. The zero-order valence-corrected chi connectivity index (χ0v) is 14.8. The maximum absolute atomic E-state index is 12.2. The molecule has 1 aliphatic rings. The fraction of sp³-hybridized carbons (Fsp3) is 0.368. The summed E-state index contributed by atoms with van der Waals surface area (Å²) in [5, 5.41) is 7.42. The van der Waals surface area contributed by atoms with Gasteiger partial charge in [0, 0.05) is 30.1 Å². The Hall–Kier alpha value is -2.18. The molecule has 0 spiro atoms. The van der Waals surface area contributed by atoms with Crippen LogP contribution in [0.4, 0.5) is 0 Å². The summed E-state index contributed by atoms with van der Waals surface area (Å²) in [6, 6.07) is 14.0. The summed E-state index contributed by atoms with van der Waals surface area (Å²) < 4.78 is 5.49. The van der Waals surface area contributed by atoms with E-state index in [2.05, 4.69) is 22.8 Å². The molecule has 1 fully saturated rings. The Morgan fingerprint density at radius 2 is 1.72 bits per heavy atom. The second kappa shape index (κ2) is 8.27. The lowest BCUT2D eigenvalue weighted by Gasteiger charge is -2.37. The highest BCUT2D eigenvalue weighted by atomic mass is 32.1. The zero-order valence-electron chi connectivity index (χ0n) is 14.0. The van der Waals surface area contributed by atoms with E-state index < -0.39 is 11.8 Å². The van der Waals surface area contributed by atoms with Gasteiger partial charge in [-0.25, -0.2) is 0 Å². The summed E-state index contributed by atoms with van der Waals surface area (Å²) in [4.78, 5) is 25.2. The van der Waals surface area contributed by atoms with Gasteiger partial charge >= 0.3 is 11.8 Å². The average molecular weight is 358 g/mol. The highest BCUT2D eigenvalue weighted by molar-refractivity contribution is 7.09. The summed E-state index contributed by atoms with van der Waals surface area (Å²) in [6.45, 7) is 2.14. The largest absolute Gasteiger partial charge is 0.381 e. The van der Waals surface area contributed by atoms with Crippen LogP contribution in [0.2, 0.25) is 0 Å². The smallest absolute Gasteiger partial charge is 0.309 e. The summed E-state index contributed by atoms with van der Waals surface area (Å²) in [5.41, 5.74) is 1.00. The first-order valence-electron chi connectivity index (χ1n) is 8.41. The van der Waals surface area contributed by atoms with Gasteiger partial charge in [-0.05, 0) is 29.9 Å². The summed E-state index contributed by atoms with van der Waals surface area (Å²) in [7, 11) is 0. The number of carbonyl (C=O) groups excluding carboxylic acids is 2. The van der Waals surface area contributed by atoms with Gasteiger partial charge in [-0.2, -0.15) is 0 Å². The van der Waals surface area contributed by atoms with Crippen molar-refractivity contribution >= 4 is 23.2 Å². The first kappa shape index (κ1) is 17.6. The van der Waals surface area contributed by atoms with Crippen molar-refractivity contribution in [2.24, 2.45) is 0 Å². The number of benzene rings is 1. The van der Waals surface area contributed by atoms with Gasteiger partial charge in [-0.3, -0.25) is 9.59 Å². The molecular weight excluding hydrogens is 336 g/mol. The molecule has 0 radical (unpaired) electrons. The molecule has 1 saturated heterocycles. The zero-order chi connectivity index (χ0) is 17.5. The van der Waals surface area contributed by atoms with E-state index >= 15 is 0 Å². The Labute approximate surface area is 151 Å². The van der Waals surface area contributed by atoms with E-state index in [1.165, 1.54) is 5.56 Å². The number of rotatable bonds is 5. The third-order valence-electron chi connectivity index (χ3n) is 4.63. The molecule has 0 saturated carbocycles. The molecule has 0 aliphatic carbocycles. The Kier molecular flexibility index (Phi) is 5.83. The first-order chi connectivity index (χ1) is 12.2. The van der Waals surface area contributed by atoms with Crippen LogP contribution in [-0.2, 0) is 26.3 Å². The summed E-state index contributed by atoms with van der Waals surface area (Å²) >= 11 is 1.55. The predicted molar refractivity (Wildman–Crippen MR) is 97.3 cm³/mol. The van der Waals surface area contributed by atoms with E-state index in [-0.39, 0.29) is 5.41 Å². The molecule has 0 bridgehead atoms. The van der Waals surface area contributed by atoms with Crippen molar-refractivity contribution in [2.45, 2.75) is 24.8 Å². The van der Waals surface area contributed by atoms with Crippen molar-refractivity contribution in [1.82, 2.24) is 10.6 Å². The van der Waals surface area contributed by atoms with Gasteiger partial charge in [0.2, 0.25) is 0 Å². The van der Waals surface area contributed by atoms with E-state index in [0.717, 1.165) is 17.7 Å². The molecule has 0 atom stereocenters. The minimum Gasteiger partial charge on any atom is -0.381 e. The third-order valence-corrected chi connectivity index (χ3v) is 5.51. The SMILES string of the molecule is O=C(NCc1cccs1)C(=O)NCC1(c2ccccc2)CCOCC1. The second-order valence-electron chi connectivity index (χ2n) is 6.20. The van der Waals surface area contributed by atoms with E-state index in [9.17, 15) is 9.59 Å². The van der Waals surface area contributed by atoms with Crippen LogP contribution in [0, 0.1) is 0 Å². The Bertz CT molecular complexity index is 695. The van der Waals surface area contributed by atoms with Gasteiger partial charge in [0.1, 0.15) is 0 Å². The summed E-state index contributed by atoms with van der Waals surface area (Å²) in [5.74, 6) is -1.18. The number of amides is 2. The molecule has 1 aromatic carbocycles. The van der Waals surface area contributed by atoms with Crippen molar-refractivity contribution in [3.8, 4) is 0 Å². The van der Waals surface area contributed by atoms with Crippen LogP contribution in [0.3, 0.4) is 0 Å². The van der Waals surface area contributed by atoms with Crippen molar-refractivity contribution in [1.29, 1.82) is 0 Å². The second-order valence-corrected chi connectivity index (χ2v) is 7.24. The van der Waals surface area contributed by atoms with Crippen molar-refractivity contribution < 1.29 is 14.3 Å². The van der Waals surface area contributed by atoms with Crippen LogP contribution >= 0.6 is 11.3 Å². The van der Waals surface area contributed by atoms with Gasteiger partial charge in [-0.15, -0.1) is 11.3 Å². The predicted octanol–water partition coefficient (Wildman–Crippen LogP) is 2.23. The molecule has 2 amide bonds. The maximum atomic E-state index is 12.2. The Morgan fingerprint density at radius 3 is 2.40 bits per heavy atom. The Morgan fingerprint density at radius 1 is 1.00 bits per heavy atom. The molecule has 132 valence electrons. The van der Waals surface area contributed by atoms with E-state index in [0.29, 0.717) is 26.3 Å². The van der Waals surface area contributed by atoms with Crippen LogP contribution in [0.25, 0.3) is 0 Å². The molecule has 2 heterocycles. The highest BCUT2D eigenvalue weighted by Gasteiger charge is 2.35. The fourth-order valence-electron chi connectivity index (χ4n) is 3.11. The third kappa shape index (κ3) is 4.46. The molecule has 0 unspecified atom stereocenters. The number of thiophene rings is 1. The van der Waals surface area contributed by atoms with Crippen molar-refractivity contribution in [3.63, 3.8) is 0 Å². The van der Waals surface area contributed by atoms with Crippen LogP contribution in [0.15, 0.2) is 47.8 Å². The number of nitrogens with one attached hydrogen (secondary N) is 2. The van der Waals surface area contributed by atoms with Crippen LogP contribution in [0.5, 0.6) is 0 Å². The fourth-order valence-corrected chi connectivity index (χ4v) is 3.76. The van der Waals surface area contributed by atoms with Crippen LogP contribution in [0.1, 0.15) is 23.3 Å². The topological polar surface area (TPSA) is 67.4 Å². The van der Waals surface area contributed by atoms with Crippen molar-refractivity contribution in [2.75, 3.05) is 19.8 Å². The lowest BCUT2D eigenvalue weighted by Crippen LogP contribution is -2.48. The molecule has 3 rings (SSSR count). The van der Waals surface area contributed by atoms with Gasteiger partial charge in [0.15, 0.2) is 0 Å². The minimum absolute atomic E-state index is 0.177. The molecule has 1 aromatic heterocycles. The number of carbonyl (C=O) groups is 2. The normalized spacial score (nSPS) is 16.2. The molecule has 6 heteroatoms. The summed E-state index contributed by atoms with van der Waals surface area (Å²) in [6.07, 6.45) is 1.65. The molecule has 25 heavy (non-hydrogen) atoms. The molecular formula is C19H22N2O3S. The lowest BCUT2D eigenvalue weighted by molar-refractivity contribution is -0.139. The molecule has 1 aliphatic heterocycles. The number of ether oxygens (including phenoxy) is 1. The Balaban J connectivity index is 1.59. The van der Waals surface area contributed by atoms with E-state index in [1.807, 2.05) is 35.7 Å². The van der Waals surface area contributed by atoms with Crippen molar-refractivity contribution in [3.05, 3.63) is 58.3 Å². The minimum atomic E-state index is -0.594.